The summed E-state index contributed by atoms with van der Waals surface area (Å²) in [5.74, 6) is -4.44. The van der Waals surface area contributed by atoms with Gasteiger partial charge in [0.15, 0.2) is 10.8 Å². The van der Waals surface area contributed by atoms with E-state index in [1.807, 2.05) is 0 Å². The van der Waals surface area contributed by atoms with Gasteiger partial charge < -0.3 is 15.5 Å². The van der Waals surface area contributed by atoms with Crippen LogP contribution in [0.25, 0.3) is 0 Å². The van der Waals surface area contributed by atoms with E-state index in [0.717, 1.165) is 23.1 Å². The van der Waals surface area contributed by atoms with Crippen LogP contribution in [0.3, 0.4) is 0 Å². The molecule has 0 radical (unpaired) electrons. The molecule has 16 heteroatoms. The molecule has 39 heavy (non-hydrogen) atoms. The Morgan fingerprint density at radius 1 is 1.15 bits per heavy atom. The van der Waals surface area contributed by atoms with Gasteiger partial charge in [-0.2, -0.15) is 13.2 Å². The molecule has 1 aliphatic carbocycles. The molecule has 2 N–H and O–H groups in total. The maximum atomic E-state index is 13.6. The Morgan fingerprint density at radius 2 is 1.87 bits per heavy atom. The molecule has 1 aromatic rings. The number of alkyl halides is 6. The van der Waals surface area contributed by atoms with Gasteiger partial charge >= 0.3 is 12.5 Å². The van der Waals surface area contributed by atoms with Gasteiger partial charge in [0.25, 0.3) is 5.91 Å². The fourth-order valence-corrected chi connectivity index (χ4v) is 6.27. The minimum Gasteiger partial charge on any atom is -0.356 e. The molecule has 3 fully saturated rings. The maximum absolute atomic E-state index is 13.6. The van der Waals surface area contributed by atoms with E-state index in [4.69, 9.17) is 0 Å². The van der Waals surface area contributed by atoms with Gasteiger partial charge in [0, 0.05) is 24.4 Å². The Kier molecular flexibility index (Phi) is 8.54. The van der Waals surface area contributed by atoms with Gasteiger partial charge in [0.1, 0.15) is 18.3 Å². The summed E-state index contributed by atoms with van der Waals surface area (Å²) in [7, 11) is 0. The van der Waals surface area contributed by atoms with Crippen molar-refractivity contribution < 1.29 is 50.3 Å². The summed E-state index contributed by atoms with van der Waals surface area (Å²) in [5, 5.41) is 4.73. The molecule has 4 rings (SSSR count). The largest absolute Gasteiger partial charge is 0.522 e. The third kappa shape index (κ3) is 6.88. The van der Waals surface area contributed by atoms with Crippen molar-refractivity contribution in [2.75, 3.05) is 19.7 Å². The number of aromatic nitrogens is 1. The normalized spacial score (nSPS) is 26.2. The first-order valence-corrected chi connectivity index (χ1v) is 13.3. The number of nitrogens with one attached hydrogen (secondary N) is 2. The molecular formula is C23H26F6N4O5S. The number of ether oxygens (including phenoxy) is 1. The minimum atomic E-state index is -5.10. The number of thiazole rings is 1. The lowest BCUT2D eigenvalue weighted by Crippen LogP contribution is -2.54. The van der Waals surface area contributed by atoms with Crippen LogP contribution in [0.15, 0.2) is 5.38 Å². The zero-order chi connectivity index (χ0) is 28.5. The molecule has 9 nitrogen and oxygen atoms in total. The first-order valence-electron chi connectivity index (χ1n) is 12.4. The molecule has 3 heterocycles. The van der Waals surface area contributed by atoms with Crippen molar-refractivity contribution in [1.29, 1.82) is 0 Å². The zero-order valence-corrected chi connectivity index (χ0v) is 21.3. The summed E-state index contributed by atoms with van der Waals surface area (Å²) in [6.07, 6.45) is -7.02. The number of Topliss-reactive ketones (excluding diaryl/α,β-unsaturated/α-hetero) is 1. The van der Waals surface area contributed by atoms with E-state index in [1.165, 1.54) is 0 Å². The van der Waals surface area contributed by atoms with Crippen molar-refractivity contribution in [3.8, 4) is 0 Å². The van der Waals surface area contributed by atoms with Gasteiger partial charge in [-0.3, -0.25) is 23.9 Å². The van der Waals surface area contributed by atoms with E-state index in [0.29, 0.717) is 25.8 Å². The minimum absolute atomic E-state index is 0.0846. The molecular weight excluding hydrogens is 558 g/mol. The van der Waals surface area contributed by atoms with Crippen LogP contribution in [0.2, 0.25) is 0 Å². The van der Waals surface area contributed by atoms with E-state index < -0.39 is 71.4 Å². The van der Waals surface area contributed by atoms with E-state index in [-0.39, 0.29) is 36.1 Å². The summed E-state index contributed by atoms with van der Waals surface area (Å²) in [6.45, 7) is -0.998. The lowest BCUT2D eigenvalue weighted by atomic mass is 9.78. The van der Waals surface area contributed by atoms with Crippen molar-refractivity contribution in [3.05, 3.63) is 16.1 Å². The van der Waals surface area contributed by atoms with Crippen LogP contribution in [0.1, 0.15) is 54.0 Å². The Hall–Kier alpha value is -2.75. The first kappa shape index (κ1) is 29.2. The number of carbonyl (C=O) groups excluding carboxylic acids is 4. The number of halogens is 6. The molecule has 3 aliphatic rings. The highest BCUT2D eigenvalue weighted by molar-refractivity contribution is 7.10. The molecule has 3 amide bonds. The van der Waals surface area contributed by atoms with Crippen molar-refractivity contribution in [2.45, 2.75) is 63.1 Å². The second kappa shape index (κ2) is 11.4. The van der Waals surface area contributed by atoms with Crippen molar-refractivity contribution in [2.24, 2.45) is 17.8 Å². The van der Waals surface area contributed by atoms with Gasteiger partial charge in [-0.15, -0.1) is 24.5 Å². The Balaban J connectivity index is 1.56. The summed E-state index contributed by atoms with van der Waals surface area (Å²) in [5.41, 5.74) is -0.474. The van der Waals surface area contributed by atoms with Crippen molar-refractivity contribution in [1.82, 2.24) is 20.5 Å². The van der Waals surface area contributed by atoms with Gasteiger partial charge in [0.05, 0.1) is 6.04 Å². The number of nitrogens with zero attached hydrogens (tertiary/aromatic N) is 2. The van der Waals surface area contributed by atoms with Gasteiger partial charge in [-0.25, -0.2) is 4.98 Å². The number of fused-ring (bicyclic) bond motifs is 1. The van der Waals surface area contributed by atoms with Gasteiger partial charge in [-0.05, 0) is 37.5 Å². The Morgan fingerprint density at radius 3 is 2.49 bits per heavy atom. The number of carbonyl (C=O) groups is 4. The number of likely N-dealkylation sites (tertiary alicyclic amines) is 1. The Labute approximate surface area is 222 Å². The number of rotatable bonds is 8. The number of hydrogen-bond donors (Lipinski definition) is 2. The Bertz CT molecular complexity index is 1110. The van der Waals surface area contributed by atoms with Crippen molar-refractivity contribution >= 4 is 34.8 Å². The first-order chi connectivity index (χ1) is 18.2. The summed E-state index contributed by atoms with van der Waals surface area (Å²) < 4.78 is 80.5. The van der Waals surface area contributed by atoms with E-state index >= 15 is 0 Å². The number of amides is 3. The van der Waals surface area contributed by atoms with Crippen LogP contribution in [0.5, 0.6) is 0 Å². The molecule has 1 unspecified atom stereocenters. The lowest BCUT2D eigenvalue weighted by Gasteiger charge is -2.31. The van der Waals surface area contributed by atoms with Gasteiger partial charge in [-0.1, -0.05) is 12.8 Å². The highest BCUT2D eigenvalue weighted by Gasteiger charge is 2.50. The van der Waals surface area contributed by atoms with Crippen LogP contribution in [0.4, 0.5) is 26.3 Å². The topological polar surface area (TPSA) is 118 Å². The third-order valence-corrected chi connectivity index (χ3v) is 8.29. The molecule has 0 spiro atoms. The molecule has 1 saturated carbocycles. The molecule has 0 bridgehead atoms. The molecule has 1 aromatic heterocycles. The predicted octanol–water partition coefficient (Wildman–Crippen LogP) is 2.91. The van der Waals surface area contributed by atoms with Crippen LogP contribution < -0.4 is 10.6 Å². The van der Waals surface area contributed by atoms with E-state index in [2.05, 4.69) is 20.4 Å². The average molecular weight is 585 g/mol. The van der Waals surface area contributed by atoms with E-state index in [1.54, 1.807) is 0 Å². The second-order valence-electron chi connectivity index (χ2n) is 9.92. The van der Waals surface area contributed by atoms with Crippen LogP contribution in [-0.2, 0) is 25.3 Å². The smallest absolute Gasteiger partial charge is 0.356 e. The second-order valence-corrected chi connectivity index (χ2v) is 10.8. The predicted molar refractivity (Wildman–Crippen MR) is 122 cm³/mol. The van der Waals surface area contributed by atoms with Crippen LogP contribution in [-0.4, -0.2) is 71.5 Å². The average Bonchev–Trinajstić information content (AvgIpc) is 3.59. The molecule has 216 valence electrons. The molecule has 2 saturated heterocycles. The van der Waals surface area contributed by atoms with Crippen molar-refractivity contribution in [3.63, 3.8) is 0 Å². The standard InChI is InChI=1S/C23H26F6N4O5S/c24-22(25,26)21-32-15(10-39-21)20(37)33-8-12-3-1-2-4-13(12)17(33)19(36)31-14(7-11-5-6-30-18(11)35)16(34)9-38-23(27,28)29/h10-14,17H,1-9H2,(H,30,35)(H,31,36)/t11-,12-,13-,14?,17-/m0/s1. The monoisotopic (exact) mass is 584 g/mol. The van der Waals surface area contributed by atoms with Crippen LogP contribution >= 0.6 is 11.3 Å². The molecule has 2 aliphatic heterocycles. The summed E-state index contributed by atoms with van der Waals surface area (Å²) in [6, 6.07) is -2.68. The number of ketones is 1. The highest BCUT2D eigenvalue weighted by atomic mass is 32.1. The third-order valence-electron chi connectivity index (χ3n) is 7.40. The SMILES string of the molecule is O=C(COC(F)(F)F)C(C[C@@H]1CCNC1=O)NC(=O)[C@@H]1[C@H]2CCCC[C@H]2CN1C(=O)c1csc(C(F)(F)F)n1. The molecule has 5 atom stereocenters. The zero-order valence-electron chi connectivity index (χ0n) is 20.4. The molecule has 0 aromatic carbocycles. The van der Waals surface area contributed by atoms with Crippen LogP contribution in [0, 0.1) is 17.8 Å². The number of hydrogen-bond acceptors (Lipinski definition) is 7. The van der Waals surface area contributed by atoms with Gasteiger partial charge in [0.2, 0.25) is 11.8 Å². The quantitative estimate of drug-likeness (QED) is 0.454. The lowest BCUT2D eigenvalue weighted by molar-refractivity contribution is -0.321. The maximum Gasteiger partial charge on any atom is 0.522 e. The summed E-state index contributed by atoms with van der Waals surface area (Å²) >= 11 is 0.246. The fraction of sp³-hybridized carbons (Fsp3) is 0.696. The summed E-state index contributed by atoms with van der Waals surface area (Å²) in [4.78, 5) is 56.1. The van der Waals surface area contributed by atoms with E-state index in [9.17, 15) is 45.5 Å². The fourth-order valence-electron chi connectivity index (χ4n) is 5.61. The highest BCUT2D eigenvalue weighted by Crippen LogP contribution is 2.42.